The molecule has 0 aliphatic carbocycles. The van der Waals surface area contributed by atoms with Gasteiger partial charge in [-0.2, -0.15) is 4.52 Å². The van der Waals surface area contributed by atoms with Crippen LogP contribution in [0.3, 0.4) is 0 Å². The monoisotopic (exact) mass is 438 g/mol. The van der Waals surface area contributed by atoms with E-state index in [4.69, 9.17) is 12.3 Å². The summed E-state index contributed by atoms with van der Waals surface area (Å²) in [5.41, 5.74) is 8.26. The van der Waals surface area contributed by atoms with Crippen molar-refractivity contribution in [3.8, 4) is 22.5 Å². The third kappa shape index (κ3) is 3.52. The summed E-state index contributed by atoms with van der Waals surface area (Å²) >= 11 is 0. The molecule has 0 saturated carbocycles. The van der Waals surface area contributed by atoms with Crippen LogP contribution in [-0.4, -0.2) is 34.7 Å². The van der Waals surface area contributed by atoms with Crippen molar-refractivity contribution in [2.75, 3.05) is 5.73 Å². The van der Waals surface area contributed by atoms with Gasteiger partial charge in [0.1, 0.15) is 18.1 Å². The zero-order chi connectivity index (χ0) is 22.9. The molecule has 9 nitrogen and oxygen atoms in total. The van der Waals surface area contributed by atoms with E-state index in [1.54, 1.807) is 48.5 Å². The van der Waals surface area contributed by atoms with Gasteiger partial charge < -0.3 is 10.8 Å². The molecule has 2 aromatic carbocycles. The number of hydrogen-bond acceptors (Lipinski definition) is 7. The molecule has 10 heteroatoms. The van der Waals surface area contributed by atoms with Crippen LogP contribution in [0.25, 0.3) is 33.0 Å². The highest BCUT2D eigenvalue weighted by atomic mass is 19.1. The lowest BCUT2D eigenvalue weighted by atomic mass is 10.0. The lowest BCUT2D eigenvalue weighted by molar-refractivity contribution is 0.210. The van der Waals surface area contributed by atoms with Crippen LogP contribution in [0.15, 0.2) is 67.1 Å². The number of aliphatic hydroxyl groups is 1. The van der Waals surface area contributed by atoms with E-state index in [1.807, 2.05) is 6.07 Å². The number of fused-ring (bicyclic) bond motifs is 1. The van der Waals surface area contributed by atoms with Gasteiger partial charge in [-0.05, 0) is 17.2 Å². The first-order chi connectivity index (χ1) is 16.1. The minimum absolute atomic E-state index is 0.0227. The molecular formula is C23H15FN8O. The molecule has 0 amide bonds. The number of halogens is 1. The Morgan fingerprint density at radius 3 is 2.64 bits per heavy atom. The fourth-order valence-corrected chi connectivity index (χ4v) is 3.52. The molecule has 3 N–H and O–H groups in total. The summed E-state index contributed by atoms with van der Waals surface area (Å²) in [6.07, 6.45) is 1.10. The number of anilines is 1. The van der Waals surface area contributed by atoms with Crippen molar-refractivity contribution in [2.45, 2.75) is 6.10 Å². The normalized spacial score (nSPS) is 11.9. The van der Waals surface area contributed by atoms with Crippen molar-refractivity contribution in [3.05, 3.63) is 95.7 Å². The number of benzene rings is 2. The van der Waals surface area contributed by atoms with Gasteiger partial charge in [0.2, 0.25) is 5.95 Å². The van der Waals surface area contributed by atoms with Crippen LogP contribution in [0.2, 0.25) is 0 Å². The number of hydrogen-bond donors (Lipinski definition) is 2. The molecule has 0 aliphatic heterocycles. The topological polar surface area (TPSA) is 119 Å². The van der Waals surface area contributed by atoms with Gasteiger partial charge >= 0.3 is 0 Å². The van der Waals surface area contributed by atoms with E-state index in [0.717, 1.165) is 6.20 Å². The fourth-order valence-electron chi connectivity index (χ4n) is 3.52. The number of aliphatic hydroxyl groups excluding tert-OH is 1. The van der Waals surface area contributed by atoms with E-state index in [0.29, 0.717) is 16.8 Å². The summed E-state index contributed by atoms with van der Waals surface area (Å²) in [6, 6.07) is 15.6. The Morgan fingerprint density at radius 2 is 1.88 bits per heavy atom. The zero-order valence-electron chi connectivity index (χ0n) is 17.0. The Morgan fingerprint density at radius 1 is 1.06 bits per heavy atom. The molecule has 0 saturated heterocycles. The van der Waals surface area contributed by atoms with Crippen LogP contribution < -0.4 is 5.73 Å². The van der Waals surface area contributed by atoms with E-state index >= 15 is 0 Å². The van der Waals surface area contributed by atoms with E-state index in [2.05, 4.69) is 29.9 Å². The Balaban J connectivity index is 1.81. The number of aromatic nitrogens is 6. The van der Waals surface area contributed by atoms with Crippen molar-refractivity contribution < 1.29 is 9.50 Å². The minimum Gasteiger partial charge on any atom is -0.380 e. The maximum Gasteiger partial charge on any atom is 0.223 e. The van der Waals surface area contributed by atoms with Gasteiger partial charge in [-0.25, -0.2) is 29.2 Å². The summed E-state index contributed by atoms with van der Waals surface area (Å²) in [4.78, 5) is 20.2. The Hall–Kier alpha value is -4.75. The van der Waals surface area contributed by atoms with E-state index < -0.39 is 11.9 Å². The van der Waals surface area contributed by atoms with Gasteiger partial charge in [-0.15, -0.1) is 5.10 Å². The highest BCUT2D eigenvalue weighted by Crippen LogP contribution is 2.36. The number of nitrogen functional groups attached to an aromatic ring is 1. The average Bonchev–Trinajstić information content (AvgIpc) is 3.31. The predicted molar refractivity (Wildman–Crippen MR) is 118 cm³/mol. The summed E-state index contributed by atoms with van der Waals surface area (Å²) < 4.78 is 16.1. The van der Waals surface area contributed by atoms with Gasteiger partial charge in [-0.3, -0.25) is 0 Å². The zero-order valence-corrected chi connectivity index (χ0v) is 17.0. The molecule has 3 aromatic heterocycles. The number of nitrogens with two attached hydrogens (primary N) is 1. The van der Waals surface area contributed by atoms with Crippen molar-refractivity contribution >= 4 is 17.3 Å². The number of rotatable bonds is 4. The summed E-state index contributed by atoms with van der Waals surface area (Å²) in [5.74, 6) is -0.648. The lowest BCUT2D eigenvalue weighted by Crippen LogP contribution is -2.07. The second kappa shape index (κ2) is 8.07. The van der Waals surface area contributed by atoms with Crippen LogP contribution in [0.1, 0.15) is 17.5 Å². The van der Waals surface area contributed by atoms with Gasteiger partial charge in [0, 0.05) is 0 Å². The van der Waals surface area contributed by atoms with E-state index in [9.17, 15) is 9.50 Å². The van der Waals surface area contributed by atoms with Crippen LogP contribution in [0.5, 0.6) is 0 Å². The summed E-state index contributed by atoms with van der Waals surface area (Å²) in [6.45, 7) is 7.31. The first-order valence-corrected chi connectivity index (χ1v) is 9.79. The third-order valence-corrected chi connectivity index (χ3v) is 5.04. The van der Waals surface area contributed by atoms with Crippen LogP contribution in [0.4, 0.5) is 16.0 Å². The first-order valence-electron chi connectivity index (χ1n) is 9.79. The third-order valence-electron chi connectivity index (χ3n) is 5.04. The van der Waals surface area contributed by atoms with Crippen LogP contribution in [-0.2, 0) is 0 Å². The Kier molecular flexibility index (Phi) is 4.93. The van der Waals surface area contributed by atoms with E-state index in [1.165, 1.54) is 10.8 Å². The largest absolute Gasteiger partial charge is 0.380 e. The highest BCUT2D eigenvalue weighted by molar-refractivity contribution is 5.90. The van der Waals surface area contributed by atoms with E-state index in [-0.39, 0.29) is 34.4 Å². The smallest absolute Gasteiger partial charge is 0.223 e. The minimum atomic E-state index is -1.14. The molecule has 1 unspecified atom stereocenters. The predicted octanol–water partition coefficient (Wildman–Crippen LogP) is 3.60. The second-order valence-electron chi connectivity index (χ2n) is 7.09. The fraction of sp³-hybridized carbons (Fsp3) is 0.0435. The summed E-state index contributed by atoms with van der Waals surface area (Å²) in [7, 11) is 0. The van der Waals surface area contributed by atoms with Crippen LogP contribution in [0, 0.1) is 12.4 Å². The van der Waals surface area contributed by atoms with Gasteiger partial charge in [0.15, 0.2) is 23.0 Å². The molecule has 0 fully saturated rings. The molecule has 3 heterocycles. The van der Waals surface area contributed by atoms with Gasteiger partial charge in [0.05, 0.1) is 24.0 Å². The van der Waals surface area contributed by atoms with Crippen molar-refractivity contribution in [3.63, 3.8) is 0 Å². The molecule has 0 aliphatic rings. The maximum absolute atomic E-state index is 14.8. The van der Waals surface area contributed by atoms with Crippen LogP contribution >= 0.6 is 0 Å². The molecule has 0 radical (unpaired) electrons. The molecule has 160 valence electrons. The quantitative estimate of drug-likeness (QED) is 0.411. The molecule has 33 heavy (non-hydrogen) atoms. The first kappa shape index (κ1) is 20.2. The Labute approximate surface area is 186 Å². The molecule has 5 aromatic rings. The van der Waals surface area contributed by atoms with Crippen molar-refractivity contribution in [1.29, 1.82) is 0 Å². The average molecular weight is 438 g/mol. The molecule has 0 spiro atoms. The lowest BCUT2D eigenvalue weighted by Gasteiger charge is -2.12. The number of nitrogens with zero attached hydrogens (tertiary/aromatic N) is 7. The van der Waals surface area contributed by atoms with Crippen molar-refractivity contribution in [1.82, 2.24) is 29.5 Å². The van der Waals surface area contributed by atoms with Crippen molar-refractivity contribution in [2.24, 2.45) is 0 Å². The molecule has 1 atom stereocenters. The second-order valence-corrected chi connectivity index (χ2v) is 7.09. The molecular weight excluding hydrogens is 423 g/mol. The maximum atomic E-state index is 14.8. The Bertz CT molecular complexity index is 1530. The molecule has 5 rings (SSSR count). The van der Waals surface area contributed by atoms with Gasteiger partial charge in [0.25, 0.3) is 0 Å². The highest BCUT2D eigenvalue weighted by Gasteiger charge is 2.25. The molecule has 0 bridgehead atoms. The standard InChI is InChI=1S/C23H15FN8O/c1-26-15-9-5-8-14(10-15)18-17(19-16(24)11-27-12-28-19)22-30-21(31-32(22)23(25)29-18)20(33)13-6-3-2-4-7-13/h2-12,20,33H,(H2,25,29). The van der Waals surface area contributed by atoms with Gasteiger partial charge in [-0.1, -0.05) is 48.5 Å². The SMILES string of the molecule is [C-]#[N+]c1cccc(-c2nc(N)n3nc(C(O)c4ccccc4)nc3c2-c2ncncc2F)c1. The summed E-state index contributed by atoms with van der Waals surface area (Å²) in [5, 5.41) is 15.1.